The summed E-state index contributed by atoms with van der Waals surface area (Å²) in [6.45, 7) is 0.449. The smallest absolute Gasteiger partial charge is 0.303 e. The molecule has 0 atom stereocenters. The maximum atomic E-state index is 12.3. The Kier molecular flexibility index (Phi) is 6.98. The molecule has 0 saturated carbocycles. The fraction of sp³-hybridized carbons (Fsp3) is 0.526. The highest BCUT2D eigenvalue weighted by molar-refractivity contribution is 6.21. The minimum absolute atomic E-state index is 0.224. The Labute approximate surface area is 148 Å². The van der Waals surface area contributed by atoms with Gasteiger partial charge in [-0.05, 0) is 31.0 Å². The van der Waals surface area contributed by atoms with Crippen LogP contribution in [0.25, 0.3) is 0 Å². The molecule has 1 aromatic rings. The summed E-state index contributed by atoms with van der Waals surface area (Å²) in [5.41, 5.74) is 7.03. The molecule has 3 N–H and O–H groups in total. The molecular formula is C19H26N2O4. The van der Waals surface area contributed by atoms with Crippen molar-refractivity contribution in [3.63, 3.8) is 0 Å². The summed E-state index contributed by atoms with van der Waals surface area (Å²) in [7, 11) is 0. The molecule has 25 heavy (non-hydrogen) atoms. The minimum Gasteiger partial charge on any atom is -0.481 e. The third kappa shape index (κ3) is 5.31. The average Bonchev–Trinajstić information content (AvgIpc) is 2.80. The molecule has 0 spiro atoms. The largest absolute Gasteiger partial charge is 0.481 e. The second-order valence-corrected chi connectivity index (χ2v) is 6.54. The van der Waals surface area contributed by atoms with Gasteiger partial charge in [-0.15, -0.1) is 0 Å². The highest BCUT2D eigenvalue weighted by Gasteiger charge is 2.34. The zero-order valence-electron chi connectivity index (χ0n) is 14.5. The first-order valence-electron chi connectivity index (χ1n) is 8.98. The zero-order chi connectivity index (χ0) is 18.2. The van der Waals surface area contributed by atoms with Gasteiger partial charge in [0.05, 0.1) is 11.1 Å². The number of hydrogen-bond donors (Lipinski definition) is 2. The molecule has 1 heterocycles. The number of carboxylic acid groups (broad SMARTS) is 1. The molecule has 2 amide bonds. The number of nitrogens with two attached hydrogens (primary N) is 1. The molecule has 6 nitrogen and oxygen atoms in total. The van der Waals surface area contributed by atoms with Crippen LogP contribution in [0.1, 0.15) is 78.5 Å². The van der Waals surface area contributed by atoms with Crippen molar-refractivity contribution in [3.8, 4) is 0 Å². The second-order valence-electron chi connectivity index (χ2n) is 6.54. The maximum absolute atomic E-state index is 12.3. The molecule has 6 heteroatoms. The molecule has 136 valence electrons. The van der Waals surface area contributed by atoms with Crippen LogP contribution in [0.15, 0.2) is 18.2 Å². The van der Waals surface area contributed by atoms with Gasteiger partial charge >= 0.3 is 5.97 Å². The van der Waals surface area contributed by atoms with E-state index >= 15 is 0 Å². The van der Waals surface area contributed by atoms with E-state index in [0.717, 1.165) is 51.4 Å². The van der Waals surface area contributed by atoms with E-state index in [1.54, 1.807) is 18.2 Å². The molecule has 2 rings (SSSR count). The van der Waals surface area contributed by atoms with Crippen LogP contribution < -0.4 is 5.73 Å². The van der Waals surface area contributed by atoms with E-state index in [0.29, 0.717) is 23.4 Å². The normalized spacial score (nSPS) is 13.4. The molecule has 1 aromatic carbocycles. The number of hydrogen-bond acceptors (Lipinski definition) is 4. The molecule has 0 fully saturated rings. The molecule has 0 aromatic heterocycles. The molecule has 0 unspecified atom stereocenters. The topological polar surface area (TPSA) is 101 Å². The third-order valence-corrected chi connectivity index (χ3v) is 4.52. The molecule has 1 aliphatic rings. The maximum Gasteiger partial charge on any atom is 0.303 e. The number of carboxylic acids is 1. The minimum atomic E-state index is -0.726. The van der Waals surface area contributed by atoms with Gasteiger partial charge in [-0.25, -0.2) is 0 Å². The predicted octanol–water partition coefficient (Wildman–Crippen LogP) is 3.46. The number of amides is 2. The first-order valence-corrected chi connectivity index (χ1v) is 8.98. The number of unbranched alkanes of at least 4 members (excludes halogenated alkanes) is 7. The zero-order valence-corrected chi connectivity index (χ0v) is 14.5. The fourth-order valence-electron chi connectivity index (χ4n) is 3.12. The average molecular weight is 346 g/mol. The van der Waals surface area contributed by atoms with Gasteiger partial charge < -0.3 is 10.8 Å². The number of benzene rings is 1. The summed E-state index contributed by atoms with van der Waals surface area (Å²) in [5, 5.41) is 8.55. The van der Waals surface area contributed by atoms with Crippen LogP contribution in [0.5, 0.6) is 0 Å². The number of rotatable bonds is 11. The van der Waals surface area contributed by atoms with Crippen molar-refractivity contribution in [1.29, 1.82) is 0 Å². The summed E-state index contributed by atoms with van der Waals surface area (Å²) < 4.78 is 0. The first-order chi connectivity index (χ1) is 12.0. The highest BCUT2D eigenvalue weighted by atomic mass is 16.4. The van der Waals surface area contributed by atoms with Crippen LogP contribution in [-0.4, -0.2) is 34.3 Å². The Balaban J connectivity index is 1.59. The Hall–Kier alpha value is -2.37. The number of carbonyl (C=O) groups excluding carboxylic acids is 2. The molecule has 0 radical (unpaired) electrons. The highest BCUT2D eigenvalue weighted by Crippen LogP contribution is 2.25. The molecule has 0 saturated heterocycles. The standard InChI is InChI=1S/C19H26N2O4/c20-14-10-11-15-16(13-14)19(25)21(18(15)24)12-8-6-4-2-1-3-5-7-9-17(22)23/h10-11,13H,1-9,12,20H2,(H,22,23). The number of carbonyl (C=O) groups is 3. The predicted molar refractivity (Wildman–Crippen MR) is 95.4 cm³/mol. The second kappa shape index (κ2) is 9.20. The lowest BCUT2D eigenvalue weighted by molar-refractivity contribution is -0.137. The van der Waals surface area contributed by atoms with Gasteiger partial charge in [-0.1, -0.05) is 38.5 Å². The van der Waals surface area contributed by atoms with Crippen molar-refractivity contribution in [2.24, 2.45) is 0 Å². The van der Waals surface area contributed by atoms with E-state index in [2.05, 4.69) is 0 Å². The number of nitrogen functional groups attached to an aromatic ring is 1. The SMILES string of the molecule is Nc1ccc2c(c1)C(=O)N(CCCCCCCCCCC(=O)O)C2=O. The van der Waals surface area contributed by atoms with Gasteiger partial charge in [-0.3, -0.25) is 19.3 Å². The Morgan fingerprint density at radius 3 is 2.08 bits per heavy atom. The molecule has 1 aliphatic heterocycles. The molecule has 0 bridgehead atoms. The van der Waals surface area contributed by atoms with E-state index in [1.165, 1.54) is 4.90 Å². The van der Waals surface area contributed by atoms with E-state index in [-0.39, 0.29) is 18.2 Å². The van der Waals surface area contributed by atoms with Crippen molar-refractivity contribution in [2.45, 2.75) is 57.8 Å². The van der Waals surface area contributed by atoms with Crippen LogP contribution in [0.4, 0.5) is 5.69 Å². The van der Waals surface area contributed by atoms with Crippen LogP contribution in [0.3, 0.4) is 0 Å². The summed E-state index contributed by atoms with van der Waals surface area (Å²) in [4.78, 5) is 36.2. The number of aliphatic carboxylic acids is 1. The van der Waals surface area contributed by atoms with E-state index in [4.69, 9.17) is 10.8 Å². The number of anilines is 1. The Morgan fingerprint density at radius 1 is 0.880 bits per heavy atom. The van der Waals surface area contributed by atoms with E-state index in [1.807, 2.05) is 0 Å². The lowest BCUT2D eigenvalue weighted by Crippen LogP contribution is -2.30. The molecule has 0 aliphatic carbocycles. The number of imide groups is 1. The van der Waals surface area contributed by atoms with E-state index in [9.17, 15) is 14.4 Å². The lowest BCUT2D eigenvalue weighted by atomic mass is 10.1. The van der Waals surface area contributed by atoms with Crippen LogP contribution in [0, 0.1) is 0 Å². The van der Waals surface area contributed by atoms with Crippen molar-refractivity contribution in [1.82, 2.24) is 4.90 Å². The summed E-state index contributed by atoms with van der Waals surface area (Å²) in [5.74, 6) is -1.19. The van der Waals surface area contributed by atoms with Gasteiger partial charge in [0.15, 0.2) is 0 Å². The van der Waals surface area contributed by atoms with Crippen LogP contribution >= 0.6 is 0 Å². The Bertz CT molecular complexity index is 642. The van der Waals surface area contributed by atoms with Crippen molar-refractivity contribution >= 4 is 23.5 Å². The van der Waals surface area contributed by atoms with Gasteiger partial charge in [0.25, 0.3) is 11.8 Å². The van der Waals surface area contributed by atoms with Gasteiger partial charge in [0.2, 0.25) is 0 Å². The van der Waals surface area contributed by atoms with Crippen molar-refractivity contribution < 1.29 is 19.5 Å². The number of nitrogens with zero attached hydrogens (tertiary/aromatic N) is 1. The quantitative estimate of drug-likeness (QED) is 0.363. The summed E-state index contributed by atoms with van der Waals surface area (Å²) in [6.07, 6.45) is 8.08. The fourth-order valence-corrected chi connectivity index (χ4v) is 3.12. The van der Waals surface area contributed by atoms with Gasteiger partial charge in [0, 0.05) is 18.7 Å². The van der Waals surface area contributed by atoms with Crippen LogP contribution in [-0.2, 0) is 4.79 Å². The van der Waals surface area contributed by atoms with Gasteiger partial charge in [-0.2, -0.15) is 0 Å². The first kappa shape index (κ1) is 19.0. The molecular weight excluding hydrogens is 320 g/mol. The van der Waals surface area contributed by atoms with Crippen LogP contribution in [0.2, 0.25) is 0 Å². The lowest BCUT2D eigenvalue weighted by Gasteiger charge is -2.13. The monoisotopic (exact) mass is 346 g/mol. The van der Waals surface area contributed by atoms with Crippen molar-refractivity contribution in [3.05, 3.63) is 29.3 Å². The third-order valence-electron chi connectivity index (χ3n) is 4.52. The Morgan fingerprint density at radius 2 is 1.44 bits per heavy atom. The summed E-state index contributed by atoms with van der Waals surface area (Å²) >= 11 is 0. The summed E-state index contributed by atoms with van der Waals surface area (Å²) in [6, 6.07) is 4.83. The van der Waals surface area contributed by atoms with Crippen molar-refractivity contribution in [2.75, 3.05) is 12.3 Å². The number of fused-ring (bicyclic) bond motifs is 1. The van der Waals surface area contributed by atoms with Gasteiger partial charge in [0.1, 0.15) is 0 Å². The van der Waals surface area contributed by atoms with E-state index < -0.39 is 5.97 Å².